The molecule has 0 saturated carbocycles. The van der Waals surface area contributed by atoms with Gasteiger partial charge in [-0.15, -0.1) is 13.2 Å². The minimum Gasteiger partial charge on any atom is -0.406 e. The summed E-state index contributed by atoms with van der Waals surface area (Å²) in [6.07, 6.45) is -3.06. The lowest BCUT2D eigenvalue weighted by Crippen LogP contribution is -2.46. The molecule has 12 heteroatoms. The van der Waals surface area contributed by atoms with Gasteiger partial charge in [0.15, 0.2) is 11.5 Å². The van der Waals surface area contributed by atoms with Crippen LogP contribution in [0.15, 0.2) is 82.8 Å². The van der Waals surface area contributed by atoms with E-state index in [-0.39, 0.29) is 17.5 Å². The SMILES string of the molecule is CS(=O)(=O)Oc1ccc(C2(c3cccc(-c4cccc(OC(F)(F)F)c4)c3)N=C(N)N3CCCN=C32)cc1. The van der Waals surface area contributed by atoms with Crippen LogP contribution in [0.2, 0.25) is 0 Å². The fourth-order valence-corrected chi connectivity index (χ4v) is 5.16. The molecule has 2 N–H and O–H groups in total. The molecule has 3 aromatic carbocycles. The van der Waals surface area contributed by atoms with Crippen LogP contribution >= 0.6 is 0 Å². The summed E-state index contributed by atoms with van der Waals surface area (Å²) in [5.74, 6) is 0.705. The number of aliphatic imine (C=N–C) groups is 2. The third-order valence-corrected chi connectivity index (χ3v) is 6.64. The van der Waals surface area contributed by atoms with Crippen LogP contribution in [0.25, 0.3) is 11.1 Å². The van der Waals surface area contributed by atoms with Gasteiger partial charge >= 0.3 is 16.5 Å². The van der Waals surface area contributed by atoms with Gasteiger partial charge in [0.05, 0.1) is 6.26 Å². The summed E-state index contributed by atoms with van der Waals surface area (Å²) in [5.41, 5.74) is 7.68. The Morgan fingerprint density at radius 2 is 1.63 bits per heavy atom. The molecule has 38 heavy (non-hydrogen) atoms. The number of nitrogens with two attached hydrogens (primary N) is 1. The maximum absolute atomic E-state index is 12.8. The molecule has 0 saturated heterocycles. The molecule has 0 aromatic heterocycles. The predicted octanol–water partition coefficient (Wildman–Crippen LogP) is 4.27. The van der Waals surface area contributed by atoms with E-state index >= 15 is 0 Å². The highest BCUT2D eigenvalue weighted by molar-refractivity contribution is 7.86. The number of halogens is 3. The maximum Gasteiger partial charge on any atom is 0.573 e. The van der Waals surface area contributed by atoms with E-state index in [0.717, 1.165) is 12.7 Å². The number of fused-ring (bicyclic) bond motifs is 1. The van der Waals surface area contributed by atoms with Crippen LogP contribution < -0.4 is 14.7 Å². The lowest BCUT2D eigenvalue weighted by Gasteiger charge is -2.33. The van der Waals surface area contributed by atoms with Crippen molar-refractivity contribution < 1.29 is 30.5 Å². The summed E-state index contributed by atoms with van der Waals surface area (Å²) in [4.78, 5) is 11.5. The lowest BCUT2D eigenvalue weighted by atomic mass is 9.81. The van der Waals surface area contributed by atoms with Crippen molar-refractivity contribution in [2.75, 3.05) is 19.3 Å². The number of hydrogen-bond donors (Lipinski definition) is 1. The van der Waals surface area contributed by atoms with Crippen molar-refractivity contribution in [3.8, 4) is 22.6 Å². The van der Waals surface area contributed by atoms with Gasteiger partial charge in [-0.1, -0.05) is 42.5 Å². The van der Waals surface area contributed by atoms with E-state index in [2.05, 4.69) is 4.74 Å². The average Bonchev–Trinajstić information content (AvgIpc) is 3.16. The number of ether oxygens (including phenoxy) is 1. The molecule has 2 heterocycles. The number of hydrogen-bond acceptors (Lipinski definition) is 8. The number of guanidine groups is 1. The first-order valence-electron chi connectivity index (χ1n) is 11.6. The van der Waals surface area contributed by atoms with E-state index in [1.54, 1.807) is 30.3 Å². The van der Waals surface area contributed by atoms with Gasteiger partial charge < -0.3 is 14.7 Å². The standard InChI is InChI=1S/C26H23F3N4O4S/c1-38(34,35)37-21-11-9-19(10-12-21)25(23-31-13-4-14-33(23)24(30)32-25)20-7-2-5-17(15-20)18-6-3-8-22(16-18)36-26(27,28)29/h2-3,5-12,15-16H,4,13-14H2,1H3,(H2,30,32). The molecule has 5 rings (SSSR count). The molecule has 198 valence electrons. The fourth-order valence-electron chi connectivity index (χ4n) is 4.70. The Morgan fingerprint density at radius 3 is 2.32 bits per heavy atom. The monoisotopic (exact) mass is 544 g/mol. The Morgan fingerprint density at radius 1 is 0.947 bits per heavy atom. The highest BCUT2D eigenvalue weighted by atomic mass is 32.2. The van der Waals surface area contributed by atoms with E-state index < -0.39 is 22.0 Å². The van der Waals surface area contributed by atoms with Gasteiger partial charge in [0.2, 0.25) is 0 Å². The molecule has 8 nitrogen and oxygen atoms in total. The van der Waals surface area contributed by atoms with Gasteiger partial charge in [0.25, 0.3) is 0 Å². The van der Waals surface area contributed by atoms with Crippen LogP contribution in [0.4, 0.5) is 13.2 Å². The van der Waals surface area contributed by atoms with Crippen LogP contribution in [0, 0.1) is 0 Å². The highest BCUT2D eigenvalue weighted by Crippen LogP contribution is 2.43. The van der Waals surface area contributed by atoms with Gasteiger partial charge in [0, 0.05) is 13.1 Å². The molecule has 3 aromatic rings. The Hall–Kier alpha value is -4.06. The molecule has 0 fully saturated rings. The zero-order valence-corrected chi connectivity index (χ0v) is 21.0. The first-order valence-corrected chi connectivity index (χ1v) is 13.4. The third-order valence-electron chi connectivity index (χ3n) is 6.14. The predicted molar refractivity (Wildman–Crippen MR) is 137 cm³/mol. The summed E-state index contributed by atoms with van der Waals surface area (Å²) in [7, 11) is -3.72. The number of rotatable bonds is 6. The molecule has 0 radical (unpaired) electrons. The van der Waals surface area contributed by atoms with Gasteiger partial charge in [0.1, 0.15) is 17.3 Å². The van der Waals surface area contributed by atoms with Crippen molar-refractivity contribution in [3.63, 3.8) is 0 Å². The molecule has 2 aliphatic rings. The molecule has 0 amide bonds. The van der Waals surface area contributed by atoms with Crippen molar-refractivity contribution in [3.05, 3.63) is 83.9 Å². The quantitative estimate of drug-likeness (QED) is 0.465. The number of nitrogens with zero attached hydrogens (tertiary/aromatic N) is 3. The molecule has 1 atom stereocenters. The molecule has 2 aliphatic heterocycles. The van der Waals surface area contributed by atoms with Crippen molar-refractivity contribution in [1.29, 1.82) is 0 Å². The van der Waals surface area contributed by atoms with Gasteiger partial charge in [-0.3, -0.25) is 9.89 Å². The smallest absolute Gasteiger partial charge is 0.406 e. The number of amidine groups is 1. The van der Waals surface area contributed by atoms with Gasteiger partial charge in [-0.05, 0) is 59.0 Å². The van der Waals surface area contributed by atoms with E-state index in [1.807, 2.05) is 17.0 Å². The van der Waals surface area contributed by atoms with Crippen molar-refractivity contribution in [2.24, 2.45) is 15.7 Å². The van der Waals surface area contributed by atoms with Crippen molar-refractivity contribution in [2.45, 2.75) is 18.3 Å². The third kappa shape index (κ3) is 5.03. The van der Waals surface area contributed by atoms with E-state index in [1.165, 1.54) is 30.3 Å². The van der Waals surface area contributed by atoms with Crippen molar-refractivity contribution in [1.82, 2.24) is 4.90 Å². The van der Waals surface area contributed by atoms with Crippen LogP contribution in [0.3, 0.4) is 0 Å². The molecule has 0 bridgehead atoms. The molecular weight excluding hydrogens is 521 g/mol. The van der Waals surface area contributed by atoms with Crippen LogP contribution in [0.5, 0.6) is 11.5 Å². The lowest BCUT2D eigenvalue weighted by molar-refractivity contribution is -0.274. The van der Waals surface area contributed by atoms with E-state index in [0.29, 0.717) is 41.2 Å². The zero-order valence-electron chi connectivity index (χ0n) is 20.1. The Bertz CT molecular complexity index is 1540. The van der Waals surface area contributed by atoms with Gasteiger partial charge in [-0.2, -0.15) is 8.42 Å². The Labute approximate surface area is 217 Å². The Balaban J connectivity index is 1.63. The molecule has 0 spiro atoms. The van der Waals surface area contributed by atoms with Crippen molar-refractivity contribution >= 4 is 21.9 Å². The summed E-state index contributed by atoms with van der Waals surface area (Å²) < 4.78 is 70.6. The highest BCUT2D eigenvalue weighted by Gasteiger charge is 2.49. The Kier molecular flexibility index (Phi) is 6.30. The molecule has 1 unspecified atom stereocenters. The summed E-state index contributed by atoms with van der Waals surface area (Å²) in [6, 6.07) is 19.4. The second-order valence-corrected chi connectivity index (χ2v) is 10.4. The normalized spacial score (nSPS) is 19.4. The minimum absolute atomic E-state index is 0.138. The van der Waals surface area contributed by atoms with Crippen LogP contribution in [-0.2, 0) is 15.7 Å². The fraction of sp³-hybridized carbons (Fsp3) is 0.231. The van der Waals surface area contributed by atoms with Gasteiger partial charge in [-0.25, -0.2) is 4.99 Å². The first-order chi connectivity index (χ1) is 17.9. The molecular formula is C26H23F3N4O4S. The zero-order chi connectivity index (χ0) is 27.1. The van der Waals surface area contributed by atoms with Crippen LogP contribution in [-0.4, -0.2) is 50.8 Å². The number of alkyl halides is 3. The maximum atomic E-state index is 12.8. The first kappa shape index (κ1) is 25.6. The summed E-state index contributed by atoms with van der Waals surface area (Å²) in [5, 5.41) is 0. The van der Waals surface area contributed by atoms with Crippen LogP contribution in [0.1, 0.15) is 17.5 Å². The topological polar surface area (TPSA) is 107 Å². The second kappa shape index (κ2) is 9.35. The summed E-state index contributed by atoms with van der Waals surface area (Å²) >= 11 is 0. The number of benzene rings is 3. The second-order valence-electron chi connectivity index (χ2n) is 8.86. The van der Waals surface area contributed by atoms with E-state index in [4.69, 9.17) is 19.9 Å². The largest absolute Gasteiger partial charge is 0.573 e. The summed E-state index contributed by atoms with van der Waals surface area (Å²) in [6.45, 7) is 1.20. The molecule has 0 aliphatic carbocycles. The van der Waals surface area contributed by atoms with E-state index in [9.17, 15) is 21.6 Å². The average molecular weight is 545 g/mol. The minimum atomic E-state index is -4.81.